The van der Waals surface area contributed by atoms with Gasteiger partial charge in [-0.25, -0.2) is 9.80 Å². The molecule has 1 aliphatic rings. The number of hydrazone groups is 1. The van der Waals surface area contributed by atoms with Crippen LogP contribution in [0.1, 0.15) is 19.3 Å². The number of thioether (sulfide) groups is 1. The highest BCUT2D eigenvalue weighted by atomic mass is 32.2. The molecule has 0 aliphatic carbocycles. The summed E-state index contributed by atoms with van der Waals surface area (Å²) in [4.78, 5) is 22.0. The molecule has 0 saturated heterocycles. The standard InChI is InChI=1S/C9H14N2O3S/c1-15-6-2-5-11-8(12)4-3-7(10-11)9(13)14/h2-6H2,1H3,(H,13,14). The van der Waals surface area contributed by atoms with E-state index in [9.17, 15) is 9.59 Å². The average molecular weight is 230 g/mol. The number of nitrogens with zero attached hydrogens (tertiary/aromatic N) is 2. The maximum atomic E-state index is 11.4. The van der Waals surface area contributed by atoms with Crippen LogP contribution in [0.5, 0.6) is 0 Å². The largest absolute Gasteiger partial charge is 0.477 e. The molecule has 0 saturated carbocycles. The second-order valence-corrected chi connectivity index (χ2v) is 4.20. The summed E-state index contributed by atoms with van der Waals surface area (Å²) in [5.74, 6) is -0.166. The number of carbonyl (C=O) groups is 2. The van der Waals surface area contributed by atoms with Crippen molar-refractivity contribution in [3.8, 4) is 0 Å². The van der Waals surface area contributed by atoms with Gasteiger partial charge in [0.25, 0.3) is 0 Å². The van der Waals surface area contributed by atoms with Crippen molar-refractivity contribution in [2.75, 3.05) is 18.6 Å². The molecule has 0 fully saturated rings. The van der Waals surface area contributed by atoms with E-state index in [1.54, 1.807) is 11.8 Å². The molecule has 1 amide bonds. The number of carboxylic acid groups (broad SMARTS) is 1. The van der Waals surface area contributed by atoms with Crippen LogP contribution in [-0.2, 0) is 9.59 Å². The van der Waals surface area contributed by atoms with Gasteiger partial charge >= 0.3 is 5.97 Å². The van der Waals surface area contributed by atoms with Gasteiger partial charge in [-0.3, -0.25) is 4.79 Å². The lowest BCUT2D eigenvalue weighted by molar-refractivity contribution is -0.132. The van der Waals surface area contributed by atoms with Crippen molar-refractivity contribution in [1.29, 1.82) is 0 Å². The molecule has 0 radical (unpaired) electrons. The minimum Gasteiger partial charge on any atom is -0.477 e. The highest BCUT2D eigenvalue weighted by Crippen LogP contribution is 2.10. The highest BCUT2D eigenvalue weighted by molar-refractivity contribution is 7.98. The van der Waals surface area contributed by atoms with Gasteiger partial charge in [0, 0.05) is 19.4 Å². The van der Waals surface area contributed by atoms with Gasteiger partial charge in [-0.05, 0) is 18.4 Å². The number of amides is 1. The first-order valence-corrected chi connectivity index (χ1v) is 6.14. The Labute approximate surface area is 92.5 Å². The molecule has 1 heterocycles. The van der Waals surface area contributed by atoms with Crippen LogP contribution < -0.4 is 0 Å². The number of carbonyl (C=O) groups excluding carboxylic acids is 1. The van der Waals surface area contributed by atoms with Crippen molar-refractivity contribution < 1.29 is 14.7 Å². The molecule has 1 aliphatic heterocycles. The van der Waals surface area contributed by atoms with Crippen LogP contribution in [0, 0.1) is 0 Å². The molecule has 84 valence electrons. The molecular weight excluding hydrogens is 216 g/mol. The van der Waals surface area contributed by atoms with Crippen molar-refractivity contribution in [2.24, 2.45) is 5.10 Å². The Morgan fingerprint density at radius 3 is 2.93 bits per heavy atom. The second-order valence-electron chi connectivity index (χ2n) is 3.22. The monoisotopic (exact) mass is 230 g/mol. The van der Waals surface area contributed by atoms with Crippen LogP contribution in [-0.4, -0.2) is 46.3 Å². The molecule has 0 aromatic carbocycles. The summed E-state index contributed by atoms with van der Waals surface area (Å²) in [6.45, 7) is 0.510. The minimum atomic E-state index is -1.03. The highest BCUT2D eigenvalue weighted by Gasteiger charge is 2.23. The van der Waals surface area contributed by atoms with E-state index < -0.39 is 5.97 Å². The lowest BCUT2D eigenvalue weighted by atomic mass is 10.1. The normalized spacial score (nSPS) is 16.5. The quantitative estimate of drug-likeness (QED) is 0.709. The zero-order valence-electron chi connectivity index (χ0n) is 8.60. The Balaban J connectivity index is 2.55. The third-order valence-electron chi connectivity index (χ3n) is 2.07. The molecule has 0 spiro atoms. The van der Waals surface area contributed by atoms with E-state index in [1.165, 1.54) is 5.01 Å². The Bertz CT molecular complexity index is 291. The van der Waals surface area contributed by atoms with Gasteiger partial charge in [-0.15, -0.1) is 0 Å². The van der Waals surface area contributed by atoms with Gasteiger partial charge in [-0.2, -0.15) is 16.9 Å². The lowest BCUT2D eigenvalue weighted by Gasteiger charge is -2.21. The second kappa shape index (κ2) is 5.75. The van der Waals surface area contributed by atoms with Crippen molar-refractivity contribution in [3.63, 3.8) is 0 Å². The molecule has 1 N–H and O–H groups in total. The van der Waals surface area contributed by atoms with Crippen molar-refractivity contribution in [2.45, 2.75) is 19.3 Å². The smallest absolute Gasteiger partial charge is 0.352 e. The lowest BCUT2D eigenvalue weighted by Crippen LogP contribution is -2.35. The van der Waals surface area contributed by atoms with Crippen molar-refractivity contribution in [3.05, 3.63) is 0 Å². The fraction of sp³-hybridized carbons (Fsp3) is 0.667. The van der Waals surface area contributed by atoms with Gasteiger partial charge in [0.15, 0.2) is 0 Å². The van der Waals surface area contributed by atoms with Gasteiger partial charge in [0.1, 0.15) is 5.71 Å². The Hall–Kier alpha value is -1.04. The summed E-state index contributed by atoms with van der Waals surface area (Å²) in [5.41, 5.74) is 0.0822. The summed E-state index contributed by atoms with van der Waals surface area (Å²) < 4.78 is 0. The molecule has 1 rings (SSSR count). The number of aliphatic carboxylic acids is 1. The van der Waals surface area contributed by atoms with Crippen LogP contribution in [0.25, 0.3) is 0 Å². The Kier molecular flexibility index (Phi) is 4.61. The van der Waals surface area contributed by atoms with Crippen molar-refractivity contribution in [1.82, 2.24) is 5.01 Å². The first-order chi connectivity index (χ1) is 7.15. The number of hydrogen-bond donors (Lipinski definition) is 1. The number of hydrogen-bond acceptors (Lipinski definition) is 4. The van der Waals surface area contributed by atoms with Gasteiger partial charge in [-0.1, -0.05) is 0 Å². The third-order valence-corrected chi connectivity index (χ3v) is 2.77. The predicted molar refractivity (Wildman–Crippen MR) is 59.0 cm³/mol. The van der Waals surface area contributed by atoms with Crippen molar-refractivity contribution >= 4 is 29.4 Å². The number of rotatable bonds is 5. The molecule has 6 heteroatoms. The van der Waals surface area contributed by atoms with Gasteiger partial charge in [0.2, 0.25) is 5.91 Å². The van der Waals surface area contributed by atoms with E-state index in [1.807, 2.05) is 6.26 Å². The summed E-state index contributed by atoms with van der Waals surface area (Å²) in [5, 5.41) is 13.8. The fourth-order valence-electron chi connectivity index (χ4n) is 1.29. The van der Waals surface area contributed by atoms with E-state index in [0.717, 1.165) is 12.2 Å². The molecule has 0 aromatic rings. The topological polar surface area (TPSA) is 70.0 Å². The van der Waals surface area contributed by atoms with Crippen LogP contribution in [0.15, 0.2) is 5.10 Å². The number of carboxylic acids is 1. The zero-order valence-corrected chi connectivity index (χ0v) is 9.42. The molecule has 5 nitrogen and oxygen atoms in total. The Morgan fingerprint density at radius 1 is 1.60 bits per heavy atom. The van der Waals surface area contributed by atoms with Crippen LogP contribution in [0.2, 0.25) is 0 Å². The zero-order chi connectivity index (χ0) is 11.3. The van der Waals surface area contributed by atoms with Crippen LogP contribution in [0.4, 0.5) is 0 Å². The molecular formula is C9H14N2O3S. The van der Waals surface area contributed by atoms with E-state index in [2.05, 4.69) is 5.10 Å². The summed E-state index contributed by atoms with van der Waals surface area (Å²) in [7, 11) is 0. The average Bonchev–Trinajstić information content (AvgIpc) is 2.20. The fourth-order valence-corrected chi connectivity index (χ4v) is 1.71. The van der Waals surface area contributed by atoms with Gasteiger partial charge < -0.3 is 5.11 Å². The van der Waals surface area contributed by atoms with E-state index in [-0.39, 0.29) is 24.5 Å². The molecule has 0 aromatic heterocycles. The SMILES string of the molecule is CSCCCN1N=C(C(=O)O)CCC1=O. The molecule has 15 heavy (non-hydrogen) atoms. The molecule has 0 bridgehead atoms. The maximum absolute atomic E-state index is 11.4. The summed E-state index contributed by atoms with van der Waals surface area (Å²) >= 11 is 1.70. The maximum Gasteiger partial charge on any atom is 0.352 e. The molecule has 0 atom stereocenters. The summed E-state index contributed by atoms with van der Waals surface area (Å²) in [6.07, 6.45) is 3.32. The third kappa shape index (κ3) is 3.54. The first-order valence-electron chi connectivity index (χ1n) is 4.75. The van der Waals surface area contributed by atoms with Gasteiger partial charge in [0.05, 0.1) is 0 Å². The van der Waals surface area contributed by atoms with E-state index in [4.69, 9.17) is 5.11 Å². The minimum absolute atomic E-state index is 0.0822. The summed E-state index contributed by atoms with van der Waals surface area (Å²) in [6, 6.07) is 0. The first kappa shape index (κ1) is 12.0. The van der Waals surface area contributed by atoms with E-state index in [0.29, 0.717) is 6.54 Å². The molecule has 0 unspecified atom stereocenters. The van der Waals surface area contributed by atoms with Crippen LogP contribution in [0.3, 0.4) is 0 Å². The Morgan fingerprint density at radius 2 is 2.33 bits per heavy atom. The predicted octanol–water partition coefficient (Wildman–Crippen LogP) is 0.802. The van der Waals surface area contributed by atoms with E-state index >= 15 is 0 Å². The van der Waals surface area contributed by atoms with Crippen LogP contribution >= 0.6 is 11.8 Å².